The second kappa shape index (κ2) is 4.97. The van der Waals surface area contributed by atoms with E-state index in [1.165, 1.54) is 11.8 Å². The second-order valence-corrected chi connectivity index (χ2v) is 3.99. The zero-order valence-corrected chi connectivity index (χ0v) is 10.4. The molecule has 82 valence electrons. The van der Waals surface area contributed by atoms with E-state index in [4.69, 9.17) is 0 Å². The molecule has 1 rings (SSSR count). The van der Waals surface area contributed by atoms with Crippen LogP contribution in [0.25, 0.3) is 0 Å². The number of methoxy groups -OCH3 is 1. The smallest absolute Gasteiger partial charge is 0.356 e. The molecule has 0 aliphatic rings. The highest BCUT2D eigenvalue weighted by molar-refractivity contribution is 9.10. The van der Waals surface area contributed by atoms with Crippen LogP contribution >= 0.6 is 15.9 Å². The van der Waals surface area contributed by atoms with Crippen LogP contribution in [0.1, 0.15) is 10.5 Å². The lowest BCUT2D eigenvalue weighted by Crippen LogP contribution is -2.11. The van der Waals surface area contributed by atoms with Crippen molar-refractivity contribution in [2.24, 2.45) is 5.10 Å². The van der Waals surface area contributed by atoms with Crippen molar-refractivity contribution in [3.05, 3.63) is 22.4 Å². The normalized spacial score (nSPS) is 10.7. The van der Waals surface area contributed by atoms with Gasteiger partial charge in [-0.15, -0.1) is 0 Å². The third-order valence-corrected chi connectivity index (χ3v) is 2.00. The Bertz CT molecular complexity index is 385. The fraction of sp³-hybridized carbons (Fsp3) is 0.333. The molecule has 15 heavy (non-hydrogen) atoms. The number of ether oxygens (including phenoxy) is 1. The van der Waals surface area contributed by atoms with Gasteiger partial charge in [-0.1, -0.05) is 0 Å². The molecule has 0 N–H and O–H groups in total. The summed E-state index contributed by atoms with van der Waals surface area (Å²) in [6, 6.07) is 1.65. The second-order valence-electron chi connectivity index (χ2n) is 3.07. The predicted octanol–water partition coefficient (Wildman–Crippen LogP) is 1.39. The Hall–Kier alpha value is -1.30. The average Bonchev–Trinajstić information content (AvgIpc) is 2.55. The largest absolute Gasteiger partial charge is 0.464 e. The van der Waals surface area contributed by atoms with Gasteiger partial charge in [0.15, 0.2) is 5.69 Å². The third-order valence-electron chi connectivity index (χ3n) is 1.57. The fourth-order valence-electron chi connectivity index (χ4n) is 0.932. The summed E-state index contributed by atoms with van der Waals surface area (Å²) in [5, 5.41) is 4.08. The molecule has 0 radical (unpaired) electrons. The van der Waals surface area contributed by atoms with Crippen LogP contribution in [0.3, 0.4) is 0 Å². The van der Waals surface area contributed by atoms with Gasteiger partial charge in [-0.2, -0.15) is 5.10 Å². The average molecular weight is 274 g/mol. The van der Waals surface area contributed by atoms with E-state index >= 15 is 0 Å². The van der Waals surface area contributed by atoms with Crippen molar-refractivity contribution in [3.63, 3.8) is 0 Å². The van der Waals surface area contributed by atoms with Crippen molar-refractivity contribution in [1.82, 2.24) is 9.58 Å². The van der Waals surface area contributed by atoms with Gasteiger partial charge in [-0.05, 0) is 22.0 Å². The molecule has 1 heterocycles. The highest BCUT2D eigenvalue weighted by Gasteiger charge is 2.12. The lowest BCUT2D eigenvalue weighted by molar-refractivity contribution is 0.0589. The van der Waals surface area contributed by atoms with Crippen LogP contribution < -0.4 is 0 Å². The Morgan fingerprint density at radius 3 is 2.87 bits per heavy atom. The Balaban J connectivity index is 3.01. The minimum atomic E-state index is -0.420. The number of carbonyl (C=O) groups excluding carboxylic acids is 1. The van der Waals surface area contributed by atoms with E-state index < -0.39 is 5.97 Å². The highest BCUT2D eigenvalue weighted by atomic mass is 79.9. The van der Waals surface area contributed by atoms with Gasteiger partial charge in [0.1, 0.15) is 6.34 Å². The summed E-state index contributed by atoms with van der Waals surface area (Å²) in [5.41, 5.74) is 0.377. The minimum Gasteiger partial charge on any atom is -0.464 e. The number of aromatic nitrogens is 1. The topological polar surface area (TPSA) is 46.8 Å². The molecule has 0 fully saturated rings. The predicted molar refractivity (Wildman–Crippen MR) is 61.0 cm³/mol. The number of nitrogens with zero attached hydrogens (tertiary/aromatic N) is 3. The molecule has 0 saturated carbocycles. The molecule has 1 aromatic rings. The van der Waals surface area contributed by atoms with Gasteiger partial charge in [0.05, 0.1) is 7.11 Å². The first-order valence-electron chi connectivity index (χ1n) is 4.21. The van der Waals surface area contributed by atoms with Crippen molar-refractivity contribution in [2.75, 3.05) is 21.2 Å². The molecule has 0 aliphatic heterocycles. The van der Waals surface area contributed by atoms with E-state index in [1.54, 1.807) is 23.5 Å². The van der Waals surface area contributed by atoms with Crippen LogP contribution in [-0.2, 0) is 4.74 Å². The minimum absolute atomic E-state index is 0.377. The van der Waals surface area contributed by atoms with Gasteiger partial charge in [0, 0.05) is 24.8 Å². The summed E-state index contributed by atoms with van der Waals surface area (Å²) < 4.78 is 6.86. The van der Waals surface area contributed by atoms with Crippen LogP contribution in [0.2, 0.25) is 0 Å². The molecular weight excluding hydrogens is 262 g/mol. The first kappa shape index (κ1) is 11.8. The Labute approximate surface area is 96.4 Å². The van der Waals surface area contributed by atoms with Crippen molar-refractivity contribution in [3.8, 4) is 0 Å². The van der Waals surface area contributed by atoms with Crippen LogP contribution in [-0.4, -0.2) is 43.1 Å². The zero-order valence-electron chi connectivity index (χ0n) is 8.77. The maximum Gasteiger partial charge on any atom is 0.356 e. The van der Waals surface area contributed by atoms with Gasteiger partial charge in [0.2, 0.25) is 0 Å². The fourth-order valence-corrected chi connectivity index (χ4v) is 1.34. The molecule has 0 bridgehead atoms. The molecule has 6 heteroatoms. The number of esters is 1. The Morgan fingerprint density at radius 1 is 1.67 bits per heavy atom. The molecule has 0 amide bonds. The lowest BCUT2D eigenvalue weighted by Gasteiger charge is -2.04. The molecule has 0 saturated heterocycles. The molecule has 5 nitrogen and oxygen atoms in total. The zero-order chi connectivity index (χ0) is 11.4. The van der Waals surface area contributed by atoms with E-state index in [2.05, 4.69) is 25.8 Å². The van der Waals surface area contributed by atoms with Crippen LogP contribution in [0, 0.1) is 0 Å². The molecule has 0 atom stereocenters. The van der Waals surface area contributed by atoms with E-state index in [9.17, 15) is 4.79 Å². The molecule has 0 aromatic carbocycles. The quantitative estimate of drug-likeness (QED) is 0.475. The maximum absolute atomic E-state index is 11.3. The van der Waals surface area contributed by atoms with E-state index in [-0.39, 0.29) is 0 Å². The van der Waals surface area contributed by atoms with Crippen LogP contribution in [0.15, 0.2) is 21.8 Å². The number of hydrogen-bond acceptors (Lipinski definition) is 3. The SMILES string of the molecule is COC(=O)c1cc(Br)cn1N=CN(C)C. The van der Waals surface area contributed by atoms with E-state index in [0.29, 0.717) is 5.69 Å². The summed E-state index contributed by atoms with van der Waals surface area (Å²) in [6.45, 7) is 0. The van der Waals surface area contributed by atoms with Crippen LogP contribution in [0.4, 0.5) is 0 Å². The molecule has 1 aromatic heterocycles. The van der Waals surface area contributed by atoms with Crippen molar-refractivity contribution < 1.29 is 9.53 Å². The van der Waals surface area contributed by atoms with Gasteiger partial charge in [0.25, 0.3) is 0 Å². The third kappa shape index (κ3) is 3.09. The number of hydrogen-bond donors (Lipinski definition) is 0. The monoisotopic (exact) mass is 273 g/mol. The summed E-state index contributed by atoms with van der Waals surface area (Å²) >= 11 is 3.27. The maximum atomic E-state index is 11.3. The first-order valence-corrected chi connectivity index (χ1v) is 5.01. The standard InChI is InChI=1S/C9H12BrN3O2/c1-12(2)6-11-13-5-7(10)4-8(13)9(14)15-3/h4-6H,1-3H3. The summed E-state index contributed by atoms with van der Waals surface area (Å²) in [6.07, 6.45) is 3.28. The van der Waals surface area contributed by atoms with E-state index in [0.717, 1.165) is 4.47 Å². The van der Waals surface area contributed by atoms with Gasteiger partial charge < -0.3 is 9.64 Å². The van der Waals surface area contributed by atoms with E-state index in [1.807, 2.05) is 14.1 Å². The first-order chi connectivity index (χ1) is 7.04. The lowest BCUT2D eigenvalue weighted by atomic mass is 10.4. The summed E-state index contributed by atoms with van der Waals surface area (Å²) in [7, 11) is 5.03. The van der Waals surface area contributed by atoms with Crippen molar-refractivity contribution in [2.45, 2.75) is 0 Å². The van der Waals surface area contributed by atoms with Gasteiger partial charge in [-0.25, -0.2) is 9.47 Å². The summed E-state index contributed by atoms with van der Waals surface area (Å²) in [4.78, 5) is 13.1. The Morgan fingerprint density at radius 2 is 2.33 bits per heavy atom. The molecule has 0 unspecified atom stereocenters. The van der Waals surface area contributed by atoms with Crippen molar-refractivity contribution in [1.29, 1.82) is 0 Å². The molecule has 0 spiro atoms. The summed E-state index contributed by atoms with van der Waals surface area (Å²) in [5.74, 6) is -0.420. The van der Waals surface area contributed by atoms with Crippen LogP contribution in [0.5, 0.6) is 0 Å². The van der Waals surface area contributed by atoms with Crippen molar-refractivity contribution >= 4 is 28.2 Å². The highest BCUT2D eigenvalue weighted by Crippen LogP contribution is 2.15. The Kier molecular flexibility index (Phi) is 3.90. The van der Waals surface area contributed by atoms with Gasteiger partial charge in [-0.3, -0.25) is 0 Å². The number of carbonyl (C=O) groups is 1. The number of rotatable bonds is 3. The molecular formula is C9H12BrN3O2. The molecule has 0 aliphatic carbocycles. The number of halogens is 1. The van der Waals surface area contributed by atoms with Gasteiger partial charge >= 0.3 is 5.97 Å².